The number of rotatable bonds is 3. The minimum absolute atomic E-state index is 0. The molecule has 104 valence electrons. The largest absolute Gasteiger partial charge is 0.416 e. The van der Waals surface area contributed by atoms with Crippen LogP contribution in [0.1, 0.15) is 22.9 Å². The van der Waals surface area contributed by atoms with Crippen LogP contribution in [0.2, 0.25) is 0 Å². The first kappa shape index (κ1) is 15.5. The van der Waals surface area contributed by atoms with E-state index in [1.54, 1.807) is 12.3 Å². The highest BCUT2D eigenvalue weighted by molar-refractivity contribution is 5.85. The number of nitrogens with zero attached hydrogens (tertiary/aromatic N) is 1. The van der Waals surface area contributed by atoms with Crippen molar-refractivity contribution in [3.63, 3.8) is 0 Å². The van der Waals surface area contributed by atoms with Gasteiger partial charge in [-0.15, -0.1) is 12.4 Å². The summed E-state index contributed by atoms with van der Waals surface area (Å²) in [4.78, 5) is 6.67. The average molecular weight is 292 g/mol. The molecule has 0 saturated heterocycles. The quantitative estimate of drug-likeness (QED) is 0.913. The van der Waals surface area contributed by atoms with Gasteiger partial charge in [-0.05, 0) is 18.1 Å². The van der Waals surface area contributed by atoms with Gasteiger partial charge in [0.05, 0.1) is 23.6 Å². The summed E-state index contributed by atoms with van der Waals surface area (Å²) in [7, 11) is 0. The molecule has 0 aliphatic carbocycles. The van der Waals surface area contributed by atoms with Gasteiger partial charge in [0.1, 0.15) is 0 Å². The highest BCUT2D eigenvalue weighted by atomic mass is 35.5. The van der Waals surface area contributed by atoms with Gasteiger partial charge in [0.25, 0.3) is 0 Å². The second-order valence-electron chi connectivity index (χ2n) is 4.02. The first-order valence-corrected chi connectivity index (χ1v) is 5.37. The summed E-state index contributed by atoms with van der Waals surface area (Å²) in [6, 6.07) is 4.79. The molecule has 1 aromatic carbocycles. The third-order valence-corrected chi connectivity index (χ3v) is 2.63. The van der Waals surface area contributed by atoms with E-state index in [9.17, 15) is 13.2 Å². The summed E-state index contributed by atoms with van der Waals surface area (Å²) in [5, 5.41) is 0. The van der Waals surface area contributed by atoms with E-state index in [1.807, 2.05) is 0 Å². The number of aromatic amines is 1. The molecule has 1 atom stereocenters. The summed E-state index contributed by atoms with van der Waals surface area (Å²) in [6.45, 7) is 0. The summed E-state index contributed by atoms with van der Waals surface area (Å²) in [5.74, 6) is 0. The molecule has 2 aromatic rings. The van der Waals surface area contributed by atoms with Crippen LogP contribution in [-0.4, -0.2) is 9.97 Å². The van der Waals surface area contributed by atoms with E-state index in [0.29, 0.717) is 17.7 Å². The first-order chi connectivity index (χ1) is 8.47. The van der Waals surface area contributed by atoms with Crippen molar-refractivity contribution >= 4 is 12.4 Å². The van der Waals surface area contributed by atoms with Crippen molar-refractivity contribution in [2.45, 2.75) is 18.6 Å². The van der Waals surface area contributed by atoms with Crippen molar-refractivity contribution in [2.75, 3.05) is 0 Å². The Kier molecular flexibility index (Phi) is 4.97. The van der Waals surface area contributed by atoms with Crippen molar-refractivity contribution in [3.05, 3.63) is 53.6 Å². The van der Waals surface area contributed by atoms with Crippen LogP contribution in [0.15, 0.2) is 36.8 Å². The van der Waals surface area contributed by atoms with E-state index in [-0.39, 0.29) is 12.4 Å². The summed E-state index contributed by atoms with van der Waals surface area (Å²) in [6.07, 6.45) is -0.945. The molecule has 0 radical (unpaired) electrons. The first-order valence-electron chi connectivity index (χ1n) is 5.37. The molecule has 1 aromatic heterocycles. The molecule has 0 saturated carbocycles. The molecule has 1 heterocycles. The number of H-pyrrole nitrogens is 1. The number of imidazole rings is 1. The summed E-state index contributed by atoms with van der Waals surface area (Å²) >= 11 is 0. The fourth-order valence-electron chi connectivity index (χ4n) is 1.71. The SMILES string of the molecule is Cl.NC(Cc1cccc(C(F)(F)F)c1)c1cnc[nH]1. The monoisotopic (exact) mass is 291 g/mol. The zero-order valence-corrected chi connectivity index (χ0v) is 10.6. The van der Waals surface area contributed by atoms with E-state index in [0.717, 1.165) is 12.1 Å². The zero-order chi connectivity index (χ0) is 13.2. The number of benzene rings is 1. The van der Waals surface area contributed by atoms with Crippen molar-refractivity contribution in [1.29, 1.82) is 0 Å². The van der Waals surface area contributed by atoms with Crippen LogP contribution < -0.4 is 5.73 Å². The number of alkyl halides is 3. The van der Waals surface area contributed by atoms with Crippen LogP contribution in [0.4, 0.5) is 13.2 Å². The third kappa shape index (κ3) is 3.97. The summed E-state index contributed by atoms with van der Waals surface area (Å²) < 4.78 is 37.6. The Labute approximate surface area is 114 Å². The normalized spacial score (nSPS) is 12.8. The Hall–Kier alpha value is -1.53. The maximum atomic E-state index is 12.5. The van der Waals surface area contributed by atoms with Crippen molar-refractivity contribution in [2.24, 2.45) is 5.73 Å². The van der Waals surface area contributed by atoms with Gasteiger partial charge in [-0.3, -0.25) is 0 Å². The predicted octanol–water partition coefficient (Wildman–Crippen LogP) is 3.09. The van der Waals surface area contributed by atoms with E-state index in [1.165, 1.54) is 12.4 Å². The molecule has 3 N–H and O–H groups in total. The third-order valence-electron chi connectivity index (χ3n) is 2.63. The number of nitrogens with one attached hydrogen (secondary N) is 1. The molecule has 0 aliphatic rings. The lowest BCUT2D eigenvalue weighted by atomic mass is 10.0. The molecule has 0 spiro atoms. The molecule has 0 fully saturated rings. The Morgan fingerprint density at radius 3 is 2.63 bits per heavy atom. The van der Waals surface area contributed by atoms with Crippen LogP contribution in [-0.2, 0) is 12.6 Å². The molecule has 1 unspecified atom stereocenters. The average Bonchev–Trinajstić information content (AvgIpc) is 2.81. The lowest BCUT2D eigenvalue weighted by molar-refractivity contribution is -0.137. The molecule has 0 amide bonds. The number of halogens is 4. The van der Waals surface area contributed by atoms with Crippen LogP contribution in [0.3, 0.4) is 0 Å². The maximum Gasteiger partial charge on any atom is 0.416 e. The Morgan fingerprint density at radius 1 is 1.32 bits per heavy atom. The highest BCUT2D eigenvalue weighted by Gasteiger charge is 2.30. The smallest absolute Gasteiger partial charge is 0.347 e. The molecule has 0 aliphatic heterocycles. The minimum Gasteiger partial charge on any atom is -0.347 e. The van der Waals surface area contributed by atoms with Gasteiger partial charge in [-0.1, -0.05) is 18.2 Å². The maximum absolute atomic E-state index is 12.5. The van der Waals surface area contributed by atoms with Crippen molar-refractivity contribution < 1.29 is 13.2 Å². The molecule has 19 heavy (non-hydrogen) atoms. The van der Waals surface area contributed by atoms with Crippen LogP contribution >= 0.6 is 12.4 Å². The van der Waals surface area contributed by atoms with Gasteiger partial charge in [-0.25, -0.2) is 4.98 Å². The summed E-state index contributed by atoms with van der Waals surface area (Å²) in [5.41, 5.74) is 6.47. The van der Waals surface area contributed by atoms with E-state index >= 15 is 0 Å². The Balaban J connectivity index is 0.00000180. The van der Waals surface area contributed by atoms with Gasteiger partial charge in [0.2, 0.25) is 0 Å². The molecule has 0 bridgehead atoms. The standard InChI is InChI=1S/C12H12F3N3.ClH/c13-12(14,15)9-3-1-2-8(4-9)5-10(16)11-6-17-7-18-11;/h1-4,6-7,10H,5,16H2,(H,17,18);1H. The molecule has 2 rings (SSSR count). The van der Waals surface area contributed by atoms with Gasteiger partial charge in [0.15, 0.2) is 0 Å². The van der Waals surface area contributed by atoms with Crippen molar-refractivity contribution in [1.82, 2.24) is 9.97 Å². The molecular weight excluding hydrogens is 279 g/mol. The lowest BCUT2D eigenvalue weighted by Gasteiger charge is -2.12. The fourth-order valence-corrected chi connectivity index (χ4v) is 1.71. The van der Waals surface area contributed by atoms with Gasteiger partial charge >= 0.3 is 6.18 Å². The molecule has 3 nitrogen and oxygen atoms in total. The van der Waals surface area contributed by atoms with Gasteiger partial charge < -0.3 is 10.7 Å². The number of nitrogens with two attached hydrogens (primary N) is 1. The topological polar surface area (TPSA) is 54.7 Å². The number of hydrogen-bond acceptors (Lipinski definition) is 2. The predicted molar refractivity (Wildman–Crippen MR) is 67.9 cm³/mol. The van der Waals surface area contributed by atoms with Crippen LogP contribution in [0, 0.1) is 0 Å². The fraction of sp³-hybridized carbons (Fsp3) is 0.250. The minimum atomic E-state index is -4.33. The second kappa shape index (κ2) is 6.08. The molecular formula is C12H13ClF3N3. The highest BCUT2D eigenvalue weighted by Crippen LogP contribution is 2.30. The second-order valence-corrected chi connectivity index (χ2v) is 4.02. The Bertz CT molecular complexity index is 511. The van der Waals surface area contributed by atoms with Crippen LogP contribution in [0.5, 0.6) is 0 Å². The Morgan fingerprint density at radius 2 is 2.05 bits per heavy atom. The zero-order valence-electron chi connectivity index (χ0n) is 9.82. The van der Waals surface area contributed by atoms with Crippen molar-refractivity contribution in [3.8, 4) is 0 Å². The van der Waals surface area contributed by atoms with Gasteiger partial charge in [0, 0.05) is 6.20 Å². The lowest BCUT2D eigenvalue weighted by Crippen LogP contribution is -2.14. The number of aromatic nitrogens is 2. The van der Waals surface area contributed by atoms with E-state index in [4.69, 9.17) is 5.73 Å². The van der Waals surface area contributed by atoms with E-state index in [2.05, 4.69) is 9.97 Å². The van der Waals surface area contributed by atoms with Gasteiger partial charge in [-0.2, -0.15) is 13.2 Å². The number of hydrogen-bond donors (Lipinski definition) is 2. The molecule has 7 heteroatoms. The van der Waals surface area contributed by atoms with Crippen LogP contribution in [0.25, 0.3) is 0 Å². The van der Waals surface area contributed by atoms with E-state index < -0.39 is 17.8 Å².